The monoisotopic (exact) mass is 593 g/mol. The van der Waals surface area contributed by atoms with Crippen LogP contribution in [0, 0.1) is 22.7 Å². The van der Waals surface area contributed by atoms with Gasteiger partial charge in [0.15, 0.2) is 17.2 Å². The number of imidazole rings is 1. The summed E-state index contributed by atoms with van der Waals surface area (Å²) in [6.45, 7) is 2.24. The van der Waals surface area contributed by atoms with Crippen molar-refractivity contribution in [3.8, 4) is 12.1 Å². The Balaban J connectivity index is 1.47. The Hall–Kier alpha value is -4.86. The van der Waals surface area contributed by atoms with Crippen LogP contribution in [0.15, 0.2) is 18.3 Å². The van der Waals surface area contributed by atoms with Gasteiger partial charge in [0.2, 0.25) is 5.95 Å². The summed E-state index contributed by atoms with van der Waals surface area (Å²) in [7, 11) is 1.26. The highest BCUT2D eigenvalue weighted by atomic mass is 35.5. The maximum atomic E-state index is 11.9. The molecule has 1 aromatic carbocycles. The molecule has 0 spiro atoms. The molecule has 1 aliphatic carbocycles. The van der Waals surface area contributed by atoms with Crippen LogP contribution < -0.4 is 26.2 Å². The van der Waals surface area contributed by atoms with Crippen LogP contribution in [0.2, 0.25) is 5.02 Å². The predicted octanol–water partition coefficient (Wildman–Crippen LogP) is 2.20. The summed E-state index contributed by atoms with van der Waals surface area (Å²) in [5.74, 6) is -0.435. The third-order valence-corrected chi connectivity index (χ3v) is 7.50. The van der Waals surface area contributed by atoms with E-state index in [1.165, 1.54) is 24.7 Å². The second kappa shape index (κ2) is 11.9. The highest BCUT2D eigenvalue weighted by Crippen LogP contribution is 2.37. The van der Waals surface area contributed by atoms with Crippen LogP contribution >= 0.6 is 11.6 Å². The number of methoxy groups -OCH3 is 1. The standard InChI is InChI=1S/C26H28ClN11O4/c1-13(24(39)40)31-19-12-37(6-5-17(19)34-26(41)42-2)20-8-14(9-28)7-18(21(20)27)33-25-35-22(32-15-3-4-15)23-30-11-16(10-29)38(23)36-25/h7-8,11,13,15,17,19,31H,3-6,12H2,1-2H3,(H,34,41)(H,39,40)(H2,32,33,35,36)/t13-,17+,19+/m0/s1. The summed E-state index contributed by atoms with van der Waals surface area (Å²) >= 11 is 6.90. The Kier molecular flexibility index (Phi) is 8.15. The topological polar surface area (TPSA) is 206 Å². The number of carboxylic acid groups (broad SMARTS) is 1. The molecule has 0 radical (unpaired) electrons. The van der Waals surface area contributed by atoms with Gasteiger partial charge in [-0.25, -0.2) is 9.78 Å². The minimum Gasteiger partial charge on any atom is -0.480 e. The molecule has 2 aliphatic rings. The van der Waals surface area contributed by atoms with E-state index in [2.05, 4.69) is 48.5 Å². The van der Waals surface area contributed by atoms with Gasteiger partial charge in [0, 0.05) is 25.2 Å². The minimum absolute atomic E-state index is 0.138. The number of benzene rings is 1. The number of aliphatic carboxylic acids is 1. The van der Waals surface area contributed by atoms with Gasteiger partial charge in [-0.3, -0.25) is 10.1 Å². The first-order valence-electron chi connectivity index (χ1n) is 13.2. The minimum atomic E-state index is -1.04. The number of halogens is 1. The van der Waals surface area contributed by atoms with E-state index in [1.54, 1.807) is 12.1 Å². The van der Waals surface area contributed by atoms with Crippen LogP contribution in [0.3, 0.4) is 0 Å². The number of amides is 1. The summed E-state index contributed by atoms with van der Waals surface area (Å²) in [6, 6.07) is 5.92. The van der Waals surface area contributed by atoms with E-state index < -0.39 is 30.2 Å². The molecule has 3 atom stereocenters. The van der Waals surface area contributed by atoms with Gasteiger partial charge in [-0.15, -0.1) is 5.10 Å². The van der Waals surface area contributed by atoms with Gasteiger partial charge >= 0.3 is 12.1 Å². The number of alkyl carbamates (subject to hydrolysis) is 1. The summed E-state index contributed by atoms with van der Waals surface area (Å²) in [5, 5.41) is 45.7. The quantitative estimate of drug-likeness (QED) is 0.241. The fourth-order valence-corrected chi connectivity index (χ4v) is 5.03. The first kappa shape index (κ1) is 28.7. The van der Waals surface area contributed by atoms with Gasteiger partial charge in [-0.2, -0.15) is 20.0 Å². The van der Waals surface area contributed by atoms with Crippen molar-refractivity contribution in [2.45, 2.75) is 50.4 Å². The lowest BCUT2D eigenvalue weighted by molar-refractivity contribution is -0.139. The molecule has 5 N–H and O–H groups in total. The molecule has 2 aromatic heterocycles. The van der Waals surface area contributed by atoms with Crippen LogP contribution in [0.1, 0.15) is 37.4 Å². The highest BCUT2D eigenvalue weighted by molar-refractivity contribution is 6.36. The van der Waals surface area contributed by atoms with Crippen LogP contribution in [-0.4, -0.2) is 81.1 Å². The molecule has 16 heteroatoms. The van der Waals surface area contributed by atoms with Gasteiger partial charge in [0.05, 0.1) is 47.4 Å². The summed E-state index contributed by atoms with van der Waals surface area (Å²) in [6.07, 6.45) is 3.24. The highest BCUT2D eigenvalue weighted by Gasteiger charge is 2.34. The predicted molar refractivity (Wildman–Crippen MR) is 152 cm³/mol. The van der Waals surface area contributed by atoms with E-state index >= 15 is 0 Å². The average molecular weight is 594 g/mol. The number of carbonyl (C=O) groups is 2. The molecule has 1 amide bonds. The van der Waals surface area contributed by atoms with Crippen molar-refractivity contribution in [2.24, 2.45) is 0 Å². The zero-order valence-electron chi connectivity index (χ0n) is 22.8. The van der Waals surface area contributed by atoms with Gasteiger partial charge in [-0.1, -0.05) is 11.6 Å². The number of nitriles is 2. The van der Waals surface area contributed by atoms with Crippen LogP contribution in [0.4, 0.5) is 27.9 Å². The zero-order valence-corrected chi connectivity index (χ0v) is 23.5. The molecule has 3 aromatic rings. The van der Waals surface area contributed by atoms with Crippen LogP contribution in [0.5, 0.6) is 0 Å². The molecule has 1 saturated heterocycles. The Morgan fingerprint density at radius 3 is 2.67 bits per heavy atom. The van der Waals surface area contributed by atoms with E-state index in [1.807, 2.05) is 4.90 Å². The number of nitrogens with one attached hydrogen (secondary N) is 4. The number of ether oxygens (including phenoxy) is 1. The van der Waals surface area contributed by atoms with Gasteiger partial charge < -0.3 is 30.7 Å². The van der Waals surface area contributed by atoms with Crippen molar-refractivity contribution in [2.75, 3.05) is 35.7 Å². The Bertz CT molecular complexity index is 1610. The fraction of sp³-hybridized carbons (Fsp3) is 0.423. The fourth-order valence-electron chi connectivity index (χ4n) is 4.76. The van der Waals surface area contributed by atoms with E-state index in [0.29, 0.717) is 41.4 Å². The molecule has 0 unspecified atom stereocenters. The molecule has 1 aliphatic heterocycles. The molecular weight excluding hydrogens is 566 g/mol. The van der Waals surface area contributed by atoms with Gasteiger partial charge in [0.1, 0.15) is 12.1 Å². The number of aromatic nitrogens is 4. The largest absolute Gasteiger partial charge is 0.480 e. The molecule has 0 bridgehead atoms. The lowest BCUT2D eigenvalue weighted by Gasteiger charge is -2.41. The Morgan fingerprint density at radius 2 is 2.00 bits per heavy atom. The third kappa shape index (κ3) is 6.07. The van der Waals surface area contributed by atoms with Crippen molar-refractivity contribution in [1.29, 1.82) is 10.5 Å². The van der Waals surface area contributed by atoms with E-state index in [0.717, 1.165) is 12.8 Å². The van der Waals surface area contributed by atoms with Crippen molar-refractivity contribution in [1.82, 2.24) is 30.2 Å². The first-order chi connectivity index (χ1) is 20.2. The number of hydrogen-bond donors (Lipinski definition) is 5. The lowest BCUT2D eigenvalue weighted by Crippen LogP contribution is -2.62. The number of rotatable bonds is 9. The Morgan fingerprint density at radius 1 is 1.21 bits per heavy atom. The zero-order chi connectivity index (χ0) is 30.0. The smallest absolute Gasteiger partial charge is 0.407 e. The molecule has 218 valence electrons. The molecule has 15 nitrogen and oxygen atoms in total. The molecule has 5 rings (SSSR count). The first-order valence-corrected chi connectivity index (χ1v) is 13.6. The molecule has 3 heterocycles. The van der Waals surface area contributed by atoms with Gasteiger partial charge in [-0.05, 0) is 38.3 Å². The van der Waals surface area contributed by atoms with E-state index in [4.69, 9.17) is 16.3 Å². The van der Waals surface area contributed by atoms with E-state index in [9.17, 15) is 25.2 Å². The molecule has 2 fully saturated rings. The summed E-state index contributed by atoms with van der Waals surface area (Å²) in [5.41, 5.74) is 1.85. The average Bonchev–Trinajstić information content (AvgIpc) is 3.70. The third-order valence-electron chi connectivity index (χ3n) is 7.10. The molecular formula is C26H28ClN11O4. The number of fused-ring (bicyclic) bond motifs is 1. The second-order valence-corrected chi connectivity index (χ2v) is 10.5. The van der Waals surface area contributed by atoms with Crippen molar-refractivity contribution >= 4 is 52.5 Å². The number of carbonyl (C=O) groups excluding carboxylic acids is 1. The number of nitrogens with zero attached hydrogens (tertiary/aromatic N) is 7. The van der Waals surface area contributed by atoms with Gasteiger partial charge in [0.25, 0.3) is 0 Å². The maximum absolute atomic E-state index is 11.9. The number of carboxylic acids is 1. The second-order valence-electron chi connectivity index (χ2n) is 10.1. The van der Waals surface area contributed by atoms with E-state index in [-0.39, 0.29) is 29.3 Å². The van der Waals surface area contributed by atoms with Crippen molar-refractivity contribution < 1.29 is 19.4 Å². The summed E-state index contributed by atoms with van der Waals surface area (Å²) < 4.78 is 6.13. The van der Waals surface area contributed by atoms with Crippen molar-refractivity contribution in [3.05, 3.63) is 34.6 Å². The normalized spacial score (nSPS) is 18.9. The molecule has 42 heavy (non-hydrogen) atoms. The number of hydrogen-bond acceptors (Lipinski definition) is 12. The van der Waals surface area contributed by atoms with Crippen molar-refractivity contribution in [3.63, 3.8) is 0 Å². The van der Waals surface area contributed by atoms with Crippen LogP contribution in [-0.2, 0) is 9.53 Å². The Labute approximate surface area is 245 Å². The number of anilines is 4. The number of piperidine rings is 1. The SMILES string of the molecule is COC(=O)N[C@@H]1CCN(c2cc(C#N)cc(Nc3nc(NC4CC4)c4ncc(C#N)n4n3)c2Cl)C[C@H]1N[C@@H](C)C(=O)O. The lowest BCUT2D eigenvalue weighted by atomic mass is 9.97. The summed E-state index contributed by atoms with van der Waals surface area (Å²) in [4.78, 5) is 34.3. The van der Waals surface area contributed by atoms with Crippen LogP contribution in [0.25, 0.3) is 5.65 Å². The maximum Gasteiger partial charge on any atom is 0.407 e. The molecule has 1 saturated carbocycles.